The van der Waals surface area contributed by atoms with E-state index in [-0.39, 0.29) is 6.04 Å². The molecule has 7 heteroatoms. The van der Waals surface area contributed by atoms with Crippen molar-refractivity contribution in [3.63, 3.8) is 0 Å². The average molecular weight is 245 g/mol. The quantitative estimate of drug-likeness (QED) is 0.754. The summed E-state index contributed by atoms with van der Waals surface area (Å²) in [5.74, 6) is 0. The Morgan fingerprint density at radius 2 is 2.38 bits per heavy atom. The lowest BCUT2D eigenvalue weighted by Crippen LogP contribution is -2.40. The van der Waals surface area contributed by atoms with Crippen molar-refractivity contribution in [1.29, 1.82) is 0 Å². The molecular weight excluding hydrogens is 230 g/mol. The van der Waals surface area contributed by atoms with Crippen LogP contribution >= 0.6 is 0 Å². The van der Waals surface area contributed by atoms with Crippen LogP contribution in [0, 0.1) is 0 Å². The molecule has 0 saturated carbocycles. The first-order valence-corrected chi connectivity index (χ1v) is 6.55. The Morgan fingerprint density at radius 1 is 1.56 bits per heavy atom. The molecule has 1 aliphatic heterocycles. The van der Waals surface area contributed by atoms with E-state index in [1.54, 1.807) is 7.11 Å². The van der Waals surface area contributed by atoms with E-state index in [1.165, 1.54) is 23.0 Å². The SMILES string of the molecule is COC[C@@H]1CCCN1S(=O)(=O)n1ccnc1. The second kappa shape index (κ2) is 4.52. The van der Waals surface area contributed by atoms with Crippen LogP contribution in [0.4, 0.5) is 0 Å². The van der Waals surface area contributed by atoms with Gasteiger partial charge in [-0.25, -0.2) is 8.96 Å². The summed E-state index contributed by atoms with van der Waals surface area (Å²) in [6.07, 6.45) is 5.93. The highest BCUT2D eigenvalue weighted by molar-refractivity contribution is 7.87. The predicted octanol–water partition coefficient (Wildman–Crippen LogP) is 0.0868. The molecule has 1 aliphatic rings. The van der Waals surface area contributed by atoms with Gasteiger partial charge in [-0.05, 0) is 12.8 Å². The number of hydrogen-bond donors (Lipinski definition) is 0. The second-order valence-electron chi connectivity index (χ2n) is 3.76. The Labute approximate surface area is 95.0 Å². The van der Waals surface area contributed by atoms with Crippen LogP contribution < -0.4 is 0 Å². The molecule has 90 valence electrons. The van der Waals surface area contributed by atoms with Gasteiger partial charge in [0.25, 0.3) is 0 Å². The van der Waals surface area contributed by atoms with Gasteiger partial charge in [0.1, 0.15) is 6.33 Å². The lowest BCUT2D eigenvalue weighted by atomic mass is 10.2. The molecule has 2 heterocycles. The summed E-state index contributed by atoms with van der Waals surface area (Å²) in [6.45, 7) is 0.989. The Balaban J connectivity index is 2.24. The summed E-state index contributed by atoms with van der Waals surface area (Å²) in [5.41, 5.74) is 0. The van der Waals surface area contributed by atoms with E-state index in [2.05, 4.69) is 4.98 Å². The van der Waals surface area contributed by atoms with Gasteiger partial charge < -0.3 is 4.74 Å². The van der Waals surface area contributed by atoms with Crippen LogP contribution in [0.2, 0.25) is 0 Å². The smallest absolute Gasteiger partial charge is 0.309 e. The Kier molecular flexibility index (Phi) is 3.27. The molecule has 0 N–H and O–H groups in total. The molecule has 0 aliphatic carbocycles. The molecule has 1 aromatic heterocycles. The van der Waals surface area contributed by atoms with E-state index in [0.29, 0.717) is 13.2 Å². The zero-order valence-corrected chi connectivity index (χ0v) is 9.93. The normalized spacial score (nSPS) is 22.7. The Hall–Kier alpha value is -0.920. The third kappa shape index (κ3) is 1.98. The van der Waals surface area contributed by atoms with Crippen LogP contribution in [0.3, 0.4) is 0 Å². The van der Waals surface area contributed by atoms with Crippen LogP contribution in [-0.4, -0.2) is 48.0 Å². The van der Waals surface area contributed by atoms with Gasteiger partial charge in [-0.15, -0.1) is 0 Å². The van der Waals surface area contributed by atoms with E-state index in [4.69, 9.17) is 4.74 Å². The molecule has 6 nitrogen and oxygen atoms in total. The summed E-state index contributed by atoms with van der Waals surface area (Å²) >= 11 is 0. The number of hydrogen-bond acceptors (Lipinski definition) is 4. The second-order valence-corrected chi connectivity index (χ2v) is 5.55. The lowest BCUT2D eigenvalue weighted by Gasteiger charge is -2.23. The van der Waals surface area contributed by atoms with Crippen molar-refractivity contribution in [2.24, 2.45) is 0 Å². The summed E-state index contributed by atoms with van der Waals surface area (Å²) in [5, 5.41) is 0. The van der Waals surface area contributed by atoms with Gasteiger partial charge in [0.05, 0.1) is 6.61 Å². The summed E-state index contributed by atoms with van der Waals surface area (Å²) in [6, 6.07) is -0.0580. The lowest BCUT2D eigenvalue weighted by molar-refractivity contribution is 0.148. The fraction of sp³-hybridized carbons (Fsp3) is 0.667. The van der Waals surface area contributed by atoms with Gasteiger partial charge in [0, 0.05) is 32.1 Å². The third-order valence-corrected chi connectivity index (χ3v) is 4.55. The molecule has 1 fully saturated rings. The van der Waals surface area contributed by atoms with Crippen molar-refractivity contribution in [3.8, 4) is 0 Å². The van der Waals surface area contributed by atoms with Crippen molar-refractivity contribution < 1.29 is 13.2 Å². The highest BCUT2D eigenvalue weighted by atomic mass is 32.2. The minimum Gasteiger partial charge on any atom is -0.383 e. The number of nitrogens with zero attached hydrogens (tertiary/aromatic N) is 3. The Bertz CT molecular complexity index is 429. The maximum absolute atomic E-state index is 12.2. The van der Waals surface area contributed by atoms with Crippen LogP contribution in [0.25, 0.3) is 0 Å². The van der Waals surface area contributed by atoms with E-state index in [0.717, 1.165) is 16.8 Å². The maximum Gasteiger partial charge on any atom is 0.309 e. The fourth-order valence-corrected chi connectivity index (χ4v) is 3.50. The topological polar surface area (TPSA) is 64.4 Å². The molecule has 0 unspecified atom stereocenters. The van der Waals surface area contributed by atoms with Crippen molar-refractivity contribution in [2.45, 2.75) is 18.9 Å². The maximum atomic E-state index is 12.2. The van der Waals surface area contributed by atoms with E-state index >= 15 is 0 Å². The molecule has 1 aromatic rings. The van der Waals surface area contributed by atoms with Crippen molar-refractivity contribution in [2.75, 3.05) is 20.3 Å². The summed E-state index contributed by atoms with van der Waals surface area (Å²) < 4.78 is 32.0. The van der Waals surface area contributed by atoms with Gasteiger partial charge in [-0.2, -0.15) is 12.7 Å². The number of ether oxygens (including phenoxy) is 1. The standard InChI is InChI=1S/C9H15N3O3S/c1-15-7-9-3-2-5-12(9)16(13,14)11-6-4-10-8-11/h4,6,8-9H,2-3,5,7H2,1H3/t9-/m0/s1. The van der Waals surface area contributed by atoms with Gasteiger partial charge in [0.2, 0.25) is 0 Å². The van der Waals surface area contributed by atoms with Crippen LogP contribution in [-0.2, 0) is 14.9 Å². The van der Waals surface area contributed by atoms with Gasteiger partial charge in [-0.1, -0.05) is 0 Å². The molecule has 0 radical (unpaired) electrons. The van der Waals surface area contributed by atoms with Crippen molar-refractivity contribution >= 4 is 10.2 Å². The zero-order chi connectivity index (χ0) is 11.6. The summed E-state index contributed by atoms with van der Waals surface area (Å²) in [7, 11) is -1.88. The zero-order valence-electron chi connectivity index (χ0n) is 9.11. The molecule has 1 atom stereocenters. The van der Waals surface area contributed by atoms with E-state index < -0.39 is 10.2 Å². The highest BCUT2D eigenvalue weighted by Crippen LogP contribution is 2.22. The fourth-order valence-electron chi connectivity index (χ4n) is 1.98. The van der Waals surface area contributed by atoms with Crippen LogP contribution in [0.15, 0.2) is 18.7 Å². The molecule has 0 amide bonds. The molecule has 0 bridgehead atoms. The summed E-state index contributed by atoms with van der Waals surface area (Å²) in [4.78, 5) is 3.76. The monoisotopic (exact) mass is 245 g/mol. The van der Waals surface area contributed by atoms with E-state index in [9.17, 15) is 8.42 Å². The molecule has 0 spiro atoms. The number of rotatable bonds is 4. The molecule has 2 rings (SSSR count). The number of aromatic nitrogens is 2. The molecule has 16 heavy (non-hydrogen) atoms. The minimum absolute atomic E-state index is 0.0580. The first-order valence-electron chi connectivity index (χ1n) is 5.15. The minimum atomic E-state index is -3.46. The van der Waals surface area contributed by atoms with Gasteiger partial charge >= 0.3 is 10.2 Å². The van der Waals surface area contributed by atoms with Crippen LogP contribution in [0.5, 0.6) is 0 Å². The van der Waals surface area contributed by atoms with Crippen molar-refractivity contribution in [1.82, 2.24) is 13.3 Å². The van der Waals surface area contributed by atoms with Gasteiger partial charge in [0.15, 0.2) is 0 Å². The first-order chi connectivity index (χ1) is 7.66. The predicted molar refractivity (Wildman–Crippen MR) is 58.1 cm³/mol. The third-order valence-electron chi connectivity index (χ3n) is 2.73. The molecular formula is C9H15N3O3S. The largest absolute Gasteiger partial charge is 0.383 e. The van der Waals surface area contributed by atoms with Crippen LogP contribution in [0.1, 0.15) is 12.8 Å². The highest BCUT2D eigenvalue weighted by Gasteiger charge is 2.34. The van der Waals surface area contributed by atoms with E-state index in [1.807, 2.05) is 0 Å². The number of imidazole rings is 1. The van der Waals surface area contributed by atoms with Crippen molar-refractivity contribution in [3.05, 3.63) is 18.7 Å². The number of methoxy groups -OCH3 is 1. The molecule has 0 aromatic carbocycles. The molecule has 1 saturated heterocycles. The van der Waals surface area contributed by atoms with Gasteiger partial charge in [-0.3, -0.25) is 0 Å². The first kappa shape index (κ1) is 11.6. The Morgan fingerprint density at radius 3 is 3.00 bits per heavy atom. The average Bonchev–Trinajstić information content (AvgIpc) is 2.88.